The Morgan fingerprint density at radius 2 is 2.21 bits per heavy atom. The van der Waals surface area contributed by atoms with E-state index in [1.165, 1.54) is 12.0 Å². The zero-order chi connectivity index (χ0) is 9.80. The van der Waals surface area contributed by atoms with E-state index in [4.69, 9.17) is 0 Å². The minimum atomic E-state index is 1.07. The van der Waals surface area contributed by atoms with E-state index in [0.717, 1.165) is 32.0 Å². The van der Waals surface area contributed by atoms with E-state index in [1.807, 2.05) is 6.20 Å². The van der Waals surface area contributed by atoms with Crippen molar-refractivity contribution < 1.29 is 0 Å². The van der Waals surface area contributed by atoms with Gasteiger partial charge in [-0.25, -0.2) is 4.98 Å². The molecule has 1 aliphatic rings. The third kappa shape index (κ3) is 2.23. The van der Waals surface area contributed by atoms with Gasteiger partial charge >= 0.3 is 0 Å². The first-order valence-electron chi connectivity index (χ1n) is 5.24. The second-order valence-corrected chi connectivity index (χ2v) is 3.78. The molecule has 1 aromatic rings. The van der Waals surface area contributed by atoms with E-state index >= 15 is 0 Å². The Balaban J connectivity index is 2.08. The van der Waals surface area contributed by atoms with Crippen LogP contribution in [-0.2, 0) is 0 Å². The molecule has 0 unspecified atom stereocenters. The van der Waals surface area contributed by atoms with Gasteiger partial charge in [-0.2, -0.15) is 0 Å². The van der Waals surface area contributed by atoms with Gasteiger partial charge in [0.1, 0.15) is 5.82 Å². The summed E-state index contributed by atoms with van der Waals surface area (Å²) in [5.41, 5.74) is 1.22. The summed E-state index contributed by atoms with van der Waals surface area (Å²) in [4.78, 5) is 6.79. The monoisotopic (exact) mass is 191 g/mol. The van der Waals surface area contributed by atoms with E-state index in [2.05, 4.69) is 34.3 Å². The highest BCUT2D eigenvalue weighted by atomic mass is 15.2. The fraction of sp³-hybridized carbons (Fsp3) is 0.545. The van der Waals surface area contributed by atoms with Crippen molar-refractivity contribution in [2.45, 2.75) is 13.3 Å². The minimum absolute atomic E-state index is 1.07. The quantitative estimate of drug-likeness (QED) is 0.722. The van der Waals surface area contributed by atoms with Crippen molar-refractivity contribution in [3.63, 3.8) is 0 Å². The molecule has 0 aromatic carbocycles. The molecule has 14 heavy (non-hydrogen) atoms. The molecular formula is C11H17N3. The number of hydrogen-bond donors (Lipinski definition) is 1. The largest absolute Gasteiger partial charge is 0.355 e. The summed E-state index contributed by atoms with van der Waals surface area (Å²) in [6, 6.07) is 4.24. The maximum atomic E-state index is 4.44. The Hall–Kier alpha value is -1.09. The van der Waals surface area contributed by atoms with Crippen molar-refractivity contribution in [1.29, 1.82) is 0 Å². The molecule has 76 valence electrons. The standard InChI is InChI=1S/C11H17N3/c1-10-3-4-11(13-9-10)14-7-2-5-12-6-8-14/h3-4,9,12H,2,5-8H2,1H3. The van der Waals surface area contributed by atoms with Gasteiger partial charge in [0, 0.05) is 25.8 Å². The molecule has 1 N–H and O–H groups in total. The number of nitrogens with one attached hydrogen (secondary N) is 1. The van der Waals surface area contributed by atoms with Gasteiger partial charge in [0.15, 0.2) is 0 Å². The van der Waals surface area contributed by atoms with Gasteiger partial charge in [0.2, 0.25) is 0 Å². The minimum Gasteiger partial charge on any atom is -0.355 e. The lowest BCUT2D eigenvalue weighted by Gasteiger charge is -2.20. The van der Waals surface area contributed by atoms with E-state index in [0.29, 0.717) is 0 Å². The summed E-state index contributed by atoms with van der Waals surface area (Å²) in [5, 5.41) is 3.39. The number of aromatic nitrogens is 1. The van der Waals surface area contributed by atoms with Crippen LogP contribution in [0.2, 0.25) is 0 Å². The van der Waals surface area contributed by atoms with Crippen molar-refractivity contribution in [3.05, 3.63) is 23.9 Å². The number of anilines is 1. The molecule has 3 heteroatoms. The maximum Gasteiger partial charge on any atom is 0.128 e. The van der Waals surface area contributed by atoms with E-state index in [-0.39, 0.29) is 0 Å². The topological polar surface area (TPSA) is 28.2 Å². The predicted octanol–water partition coefficient (Wildman–Crippen LogP) is 1.19. The first kappa shape index (κ1) is 9.46. The Labute approximate surface area is 85.1 Å². The Morgan fingerprint density at radius 3 is 3.00 bits per heavy atom. The van der Waals surface area contributed by atoms with E-state index < -0.39 is 0 Å². The van der Waals surface area contributed by atoms with Crippen LogP contribution in [0.4, 0.5) is 5.82 Å². The van der Waals surface area contributed by atoms with Gasteiger partial charge in [-0.15, -0.1) is 0 Å². The van der Waals surface area contributed by atoms with Crippen molar-refractivity contribution in [2.75, 3.05) is 31.1 Å². The molecule has 2 rings (SSSR count). The van der Waals surface area contributed by atoms with Gasteiger partial charge in [-0.3, -0.25) is 0 Å². The molecule has 1 aromatic heterocycles. The molecule has 0 spiro atoms. The van der Waals surface area contributed by atoms with Crippen molar-refractivity contribution >= 4 is 5.82 Å². The first-order valence-corrected chi connectivity index (χ1v) is 5.24. The highest BCUT2D eigenvalue weighted by Gasteiger charge is 2.09. The number of pyridine rings is 1. The van der Waals surface area contributed by atoms with Gasteiger partial charge < -0.3 is 10.2 Å². The molecular weight excluding hydrogens is 174 g/mol. The summed E-state index contributed by atoms with van der Waals surface area (Å²) in [6.45, 7) is 6.44. The third-order valence-corrected chi connectivity index (χ3v) is 2.56. The van der Waals surface area contributed by atoms with E-state index in [1.54, 1.807) is 0 Å². The van der Waals surface area contributed by atoms with Crippen LogP contribution >= 0.6 is 0 Å². The molecule has 2 heterocycles. The highest BCUT2D eigenvalue weighted by Crippen LogP contribution is 2.11. The molecule has 1 saturated heterocycles. The Morgan fingerprint density at radius 1 is 1.29 bits per heavy atom. The smallest absolute Gasteiger partial charge is 0.128 e. The average molecular weight is 191 g/mol. The molecule has 0 atom stereocenters. The number of rotatable bonds is 1. The van der Waals surface area contributed by atoms with Crippen LogP contribution in [0, 0.1) is 6.92 Å². The predicted molar refractivity (Wildman–Crippen MR) is 58.7 cm³/mol. The number of nitrogens with zero attached hydrogens (tertiary/aromatic N) is 2. The second-order valence-electron chi connectivity index (χ2n) is 3.78. The van der Waals surface area contributed by atoms with Gasteiger partial charge in [0.25, 0.3) is 0 Å². The first-order chi connectivity index (χ1) is 6.86. The SMILES string of the molecule is Cc1ccc(N2CCCNCC2)nc1. The molecule has 1 aliphatic heterocycles. The fourth-order valence-electron chi connectivity index (χ4n) is 1.72. The molecule has 0 radical (unpaired) electrons. The zero-order valence-electron chi connectivity index (χ0n) is 8.66. The van der Waals surface area contributed by atoms with E-state index in [9.17, 15) is 0 Å². The van der Waals surface area contributed by atoms with Crippen LogP contribution in [0.1, 0.15) is 12.0 Å². The van der Waals surface area contributed by atoms with Crippen molar-refractivity contribution in [3.8, 4) is 0 Å². The van der Waals surface area contributed by atoms with Gasteiger partial charge in [-0.05, 0) is 31.5 Å². The number of hydrogen-bond acceptors (Lipinski definition) is 3. The van der Waals surface area contributed by atoms with Crippen LogP contribution in [0.3, 0.4) is 0 Å². The van der Waals surface area contributed by atoms with Crippen molar-refractivity contribution in [1.82, 2.24) is 10.3 Å². The van der Waals surface area contributed by atoms with Crippen LogP contribution < -0.4 is 10.2 Å². The number of aryl methyl sites for hydroxylation is 1. The third-order valence-electron chi connectivity index (χ3n) is 2.56. The summed E-state index contributed by atoms with van der Waals surface area (Å²) in [7, 11) is 0. The molecule has 3 nitrogen and oxygen atoms in total. The average Bonchev–Trinajstić information content (AvgIpc) is 2.47. The molecule has 0 saturated carbocycles. The van der Waals surface area contributed by atoms with Crippen LogP contribution in [0.5, 0.6) is 0 Å². The molecule has 0 aliphatic carbocycles. The lowest BCUT2D eigenvalue weighted by Crippen LogP contribution is -2.28. The molecule has 0 amide bonds. The lowest BCUT2D eigenvalue weighted by molar-refractivity contribution is 0.724. The lowest BCUT2D eigenvalue weighted by atomic mass is 10.3. The Bertz CT molecular complexity index is 273. The molecule has 0 bridgehead atoms. The zero-order valence-corrected chi connectivity index (χ0v) is 8.66. The Kier molecular flexibility index (Phi) is 2.99. The second kappa shape index (κ2) is 4.42. The van der Waals surface area contributed by atoms with Gasteiger partial charge in [0.05, 0.1) is 0 Å². The maximum absolute atomic E-state index is 4.44. The van der Waals surface area contributed by atoms with Crippen LogP contribution in [0.25, 0.3) is 0 Å². The summed E-state index contributed by atoms with van der Waals surface area (Å²) in [6.07, 6.45) is 3.14. The van der Waals surface area contributed by atoms with Gasteiger partial charge in [-0.1, -0.05) is 6.07 Å². The summed E-state index contributed by atoms with van der Waals surface area (Å²) < 4.78 is 0. The van der Waals surface area contributed by atoms with Crippen LogP contribution in [-0.4, -0.2) is 31.2 Å². The molecule has 1 fully saturated rings. The van der Waals surface area contributed by atoms with Crippen molar-refractivity contribution in [2.24, 2.45) is 0 Å². The summed E-state index contributed by atoms with van der Waals surface area (Å²) >= 11 is 0. The summed E-state index contributed by atoms with van der Waals surface area (Å²) in [5.74, 6) is 1.11. The normalized spacial score (nSPS) is 17.9. The fourth-order valence-corrected chi connectivity index (χ4v) is 1.72. The van der Waals surface area contributed by atoms with Crippen LogP contribution in [0.15, 0.2) is 18.3 Å². The highest BCUT2D eigenvalue weighted by molar-refractivity contribution is 5.39.